The van der Waals surface area contributed by atoms with Gasteiger partial charge in [-0.05, 0) is 75.3 Å². The molecule has 0 aliphatic heterocycles. The smallest absolute Gasteiger partial charge is 0.240 e. The summed E-state index contributed by atoms with van der Waals surface area (Å²) in [6.45, 7) is 2.25. The van der Waals surface area contributed by atoms with Crippen LogP contribution in [0.2, 0.25) is 0 Å². The van der Waals surface area contributed by atoms with Gasteiger partial charge in [0.1, 0.15) is 0 Å². The van der Waals surface area contributed by atoms with Crippen LogP contribution in [-0.4, -0.2) is 21.5 Å². The molecule has 2 aliphatic carbocycles. The van der Waals surface area contributed by atoms with Crippen LogP contribution in [0, 0.1) is 17.8 Å². The van der Waals surface area contributed by atoms with Gasteiger partial charge in [0.05, 0.1) is 4.90 Å². The Morgan fingerprint density at radius 1 is 1.14 bits per heavy atom. The minimum Gasteiger partial charge on any atom is -0.382 e. The first-order chi connectivity index (χ1) is 9.99. The molecule has 3 rings (SSSR count). The third kappa shape index (κ3) is 2.94. The number of rotatable bonds is 5. The molecule has 116 valence electrons. The molecule has 2 bridgehead atoms. The molecule has 21 heavy (non-hydrogen) atoms. The summed E-state index contributed by atoms with van der Waals surface area (Å²) in [5.41, 5.74) is 1.00. The predicted octanol–water partition coefficient (Wildman–Crippen LogP) is 2.83. The van der Waals surface area contributed by atoms with Gasteiger partial charge in [0.25, 0.3) is 0 Å². The number of hydrogen-bond acceptors (Lipinski definition) is 3. The Morgan fingerprint density at radius 2 is 1.86 bits per heavy atom. The van der Waals surface area contributed by atoms with E-state index in [2.05, 4.69) is 17.0 Å². The Kier molecular flexibility index (Phi) is 3.97. The van der Waals surface area contributed by atoms with Gasteiger partial charge in [-0.1, -0.05) is 6.42 Å². The van der Waals surface area contributed by atoms with Crippen LogP contribution in [-0.2, 0) is 10.0 Å². The monoisotopic (exact) mass is 308 g/mol. The maximum atomic E-state index is 11.7. The molecule has 2 saturated carbocycles. The Bertz CT molecular complexity index is 597. The van der Waals surface area contributed by atoms with Gasteiger partial charge in [-0.2, -0.15) is 0 Å². The normalized spacial score (nSPS) is 29.5. The predicted molar refractivity (Wildman–Crippen MR) is 84.7 cm³/mol. The van der Waals surface area contributed by atoms with Crippen molar-refractivity contribution in [3.8, 4) is 0 Å². The van der Waals surface area contributed by atoms with Gasteiger partial charge in [-0.3, -0.25) is 0 Å². The van der Waals surface area contributed by atoms with Crippen molar-refractivity contribution in [1.82, 2.24) is 4.72 Å². The molecule has 4 nitrogen and oxygen atoms in total. The lowest BCUT2D eigenvalue weighted by molar-refractivity contribution is 0.304. The van der Waals surface area contributed by atoms with Crippen LogP contribution in [0.25, 0.3) is 0 Å². The largest absolute Gasteiger partial charge is 0.382 e. The van der Waals surface area contributed by atoms with Crippen molar-refractivity contribution in [2.24, 2.45) is 17.8 Å². The first-order valence-electron chi connectivity index (χ1n) is 7.80. The minimum atomic E-state index is -3.34. The lowest BCUT2D eigenvalue weighted by Crippen LogP contribution is -2.29. The van der Waals surface area contributed by atoms with E-state index in [0.717, 1.165) is 23.4 Å². The van der Waals surface area contributed by atoms with Gasteiger partial charge < -0.3 is 5.32 Å². The molecular weight excluding hydrogens is 284 g/mol. The summed E-state index contributed by atoms with van der Waals surface area (Å²) >= 11 is 0. The standard InChI is InChI=1S/C16H24N2O2S/c1-11(16-10-12-3-4-13(16)9-12)18-14-5-7-15(8-6-14)21(19,20)17-2/h5-8,11-13,16-18H,3-4,9-10H2,1-2H3. The number of fused-ring (bicyclic) bond motifs is 2. The fourth-order valence-corrected chi connectivity index (χ4v) is 4.85. The maximum Gasteiger partial charge on any atom is 0.240 e. The molecule has 0 aromatic heterocycles. The third-order valence-corrected chi connectivity index (χ3v) is 6.69. The fourth-order valence-electron chi connectivity index (χ4n) is 4.12. The summed E-state index contributed by atoms with van der Waals surface area (Å²) in [5.74, 6) is 2.61. The van der Waals surface area contributed by atoms with Crippen LogP contribution in [0.3, 0.4) is 0 Å². The maximum absolute atomic E-state index is 11.7. The van der Waals surface area contributed by atoms with Crippen LogP contribution in [0.15, 0.2) is 29.2 Å². The molecule has 0 saturated heterocycles. The SMILES string of the molecule is CNS(=O)(=O)c1ccc(NC(C)C2CC3CCC2C3)cc1. The van der Waals surface area contributed by atoms with Crippen LogP contribution < -0.4 is 10.0 Å². The highest BCUT2D eigenvalue weighted by atomic mass is 32.2. The molecule has 1 aromatic carbocycles. The summed E-state index contributed by atoms with van der Waals surface area (Å²) in [4.78, 5) is 0.308. The average Bonchev–Trinajstić information content (AvgIpc) is 3.10. The van der Waals surface area contributed by atoms with E-state index in [1.54, 1.807) is 12.1 Å². The van der Waals surface area contributed by atoms with Gasteiger partial charge in [-0.25, -0.2) is 13.1 Å². The van der Waals surface area contributed by atoms with Crippen LogP contribution in [0.4, 0.5) is 5.69 Å². The molecule has 1 aromatic rings. The van der Waals surface area contributed by atoms with Crippen LogP contribution in [0.1, 0.15) is 32.6 Å². The Labute approximate surface area is 127 Å². The van der Waals surface area contributed by atoms with Crippen molar-refractivity contribution >= 4 is 15.7 Å². The lowest BCUT2D eigenvalue weighted by Gasteiger charge is -2.29. The van der Waals surface area contributed by atoms with Crippen molar-refractivity contribution in [3.63, 3.8) is 0 Å². The average molecular weight is 308 g/mol. The summed E-state index contributed by atoms with van der Waals surface area (Å²) in [5, 5.41) is 3.55. The highest BCUT2D eigenvalue weighted by Gasteiger charge is 2.41. The molecule has 0 amide bonds. The van der Waals surface area contributed by atoms with E-state index < -0.39 is 10.0 Å². The van der Waals surface area contributed by atoms with Gasteiger partial charge >= 0.3 is 0 Å². The van der Waals surface area contributed by atoms with Crippen molar-refractivity contribution in [2.75, 3.05) is 12.4 Å². The zero-order valence-corrected chi connectivity index (χ0v) is 13.5. The number of anilines is 1. The number of nitrogens with one attached hydrogen (secondary N) is 2. The molecule has 2 aliphatic rings. The first-order valence-corrected chi connectivity index (χ1v) is 9.28. The zero-order valence-electron chi connectivity index (χ0n) is 12.7. The van der Waals surface area contributed by atoms with Crippen molar-refractivity contribution in [3.05, 3.63) is 24.3 Å². The molecule has 2 N–H and O–H groups in total. The van der Waals surface area contributed by atoms with Crippen molar-refractivity contribution in [1.29, 1.82) is 0 Å². The van der Waals surface area contributed by atoms with Gasteiger partial charge in [-0.15, -0.1) is 0 Å². The topological polar surface area (TPSA) is 58.2 Å². The van der Waals surface area contributed by atoms with Crippen LogP contribution >= 0.6 is 0 Å². The number of sulfonamides is 1. The summed E-state index contributed by atoms with van der Waals surface area (Å²) in [6, 6.07) is 7.47. The molecular formula is C16H24N2O2S. The molecule has 4 atom stereocenters. The second kappa shape index (κ2) is 5.61. The van der Waals surface area contributed by atoms with E-state index >= 15 is 0 Å². The van der Waals surface area contributed by atoms with Gasteiger partial charge in [0, 0.05) is 11.7 Å². The van der Waals surface area contributed by atoms with E-state index in [4.69, 9.17) is 0 Å². The number of hydrogen-bond donors (Lipinski definition) is 2. The summed E-state index contributed by atoms with van der Waals surface area (Å²) in [6.07, 6.45) is 5.58. The van der Waals surface area contributed by atoms with E-state index in [9.17, 15) is 8.42 Å². The number of benzene rings is 1. The summed E-state index contributed by atoms with van der Waals surface area (Å²) in [7, 11) is -1.91. The lowest BCUT2D eigenvalue weighted by atomic mass is 9.84. The minimum absolute atomic E-state index is 0.308. The van der Waals surface area contributed by atoms with E-state index in [1.165, 1.54) is 32.7 Å². The third-order valence-electron chi connectivity index (χ3n) is 5.26. The second-order valence-electron chi connectivity index (χ2n) is 6.50. The summed E-state index contributed by atoms with van der Waals surface area (Å²) < 4.78 is 25.7. The first kappa shape index (κ1) is 14.9. The van der Waals surface area contributed by atoms with Crippen LogP contribution in [0.5, 0.6) is 0 Å². The van der Waals surface area contributed by atoms with Gasteiger partial charge in [0.2, 0.25) is 10.0 Å². The Morgan fingerprint density at radius 3 is 2.38 bits per heavy atom. The van der Waals surface area contributed by atoms with E-state index in [-0.39, 0.29) is 0 Å². The Balaban J connectivity index is 1.65. The highest BCUT2D eigenvalue weighted by Crippen LogP contribution is 2.49. The molecule has 0 heterocycles. The molecule has 4 unspecified atom stereocenters. The van der Waals surface area contributed by atoms with Gasteiger partial charge in [0.15, 0.2) is 0 Å². The Hall–Kier alpha value is -1.07. The van der Waals surface area contributed by atoms with Crippen molar-refractivity contribution in [2.45, 2.75) is 43.5 Å². The highest BCUT2D eigenvalue weighted by molar-refractivity contribution is 7.89. The molecule has 2 fully saturated rings. The quantitative estimate of drug-likeness (QED) is 0.879. The van der Waals surface area contributed by atoms with E-state index in [1.807, 2.05) is 12.1 Å². The fraction of sp³-hybridized carbons (Fsp3) is 0.625. The second-order valence-corrected chi connectivity index (χ2v) is 8.39. The zero-order chi connectivity index (χ0) is 15.0. The molecule has 0 radical (unpaired) electrons. The molecule has 0 spiro atoms. The molecule has 5 heteroatoms. The van der Waals surface area contributed by atoms with Crippen molar-refractivity contribution < 1.29 is 8.42 Å². The van der Waals surface area contributed by atoms with E-state index in [0.29, 0.717) is 10.9 Å².